The van der Waals surface area contributed by atoms with Crippen molar-refractivity contribution < 1.29 is 21.1 Å². The summed E-state index contributed by atoms with van der Waals surface area (Å²) in [6.07, 6.45) is 8.42. The van der Waals surface area contributed by atoms with Gasteiger partial charge in [-0.3, -0.25) is 0 Å². The van der Waals surface area contributed by atoms with Crippen LogP contribution in [0.15, 0.2) is 49.1 Å². The van der Waals surface area contributed by atoms with Gasteiger partial charge in [-0.1, -0.05) is 37.4 Å². The molecule has 0 aromatic carbocycles. The van der Waals surface area contributed by atoms with Crippen molar-refractivity contribution in [1.82, 2.24) is 39.5 Å². The number of pyridine rings is 2. The molecule has 4 aromatic rings. The van der Waals surface area contributed by atoms with Gasteiger partial charge in [0.1, 0.15) is 0 Å². The summed E-state index contributed by atoms with van der Waals surface area (Å²) in [5.74, 6) is 1.38. The van der Waals surface area contributed by atoms with Gasteiger partial charge in [0, 0.05) is 35.9 Å². The van der Waals surface area contributed by atoms with Crippen molar-refractivity contribution in [3.63, 3.8) is 0 Å². The fourth-order valence-corrected chi connectivity index (χ4v) is 4.57. The fraction of sp³-hybridized carbons (Fsp3) is 0.125. The molecule has 4 aromatic heterocycles. The molecule has 0 radical (unpaired) electrons. The number of nitrogens with zero attached hydrogens (tertiary/aromatic N) is 8. The number of hydrogen-bond donors (Lipinski definition) is 0. The van der Waals surface area contributed by atoms with Gasteiger partial charge in [0.25, 0.3) is 0 Å². The molecule has 132 valence electrons. The van der Waals surface area contributed by atoms with Crippen LogP contribution in [-0.2, 0) is 21.1 Å². The maximum atomic E-state index is 4.76. The van der Waals surface area contributed by atoms with Crippen molar-refractivity contribution in [2.75, 3.05) is 0 Å². The van der Waals surface area contributed by atoms with E-state index in [-0.39, 0.29) is 21.1 Å². The Bertz CT molecular complexity index is 905. The molecule has 0 saturated carbocycles. The van der Waals surface area contributed by atoms with E-state index in [1.807, 2.05) is 36.4 Å². The topological polar surface area (TPSA) is 87.2 Å². The maximum Gasteiger partial charge on any atom is 2.00 e. The van der Waals surface area contributed by atoms with Gasteiger partial charge in [-0.15, -0.1) is 0 Å². The van der Waals surface area contributed by atoms with Crippen molar-refractivity contribution >= 4 is 18.7 Å². The van der Waals surface area contributed by atoms with Gasteiger partial charge in [-0.2, -0.15) is 0 Å². The summed E-state index contributed by atoms with van der Waals surface area (Å²) in [6, 6.07) is 11.8. The Balaban J connectivity index is 0.00000196. The zero-order valence-corrected chi connectivity index (χ0v) is 17.3. The molecule has 10 heteroatoms. The van der Waals surface area contributed by atoms with Crippen molar-refractivity contribution in [1.29, 1.82) is 0 Å². The Morgan fingerprint density at radius 3 is 1.62 bits per heavy atom. The van der Waals surface area contributed by atoms with Crippen LogP contribution in [-0.4, -0.2) is 47.6 Å². The number of aromatic nitrogens is 8. The van der Waals surface area contributed by atoms with Crippen LogP contribution >= 0.6 is 0 Å². The van der Waals surface area contributed by atoms with E-state index >= 15 is 0 Å². The Hall–Kier alpha value is -2.51. The fourth-order valence-electron chi connectivity index (χ4n) is 2.50. The molecule has 0 bridgehead atoms. The molecule has 0 fully saturated rings. The molecule has 0 aliphatic heterocycles. The molecule has 4 heterocycles. The van der Waals surface area contributed by atoms with Crippen LogP contribution in [0.3, 0.4) is 0 Å². The minimum Gasteiger partial charge on any atom is -0.353 e. The average Bonchev–Trinajstić information content (AvgIpc) is 3.36. The molecule has 8 nitrogen and oxygen atoms in total. The van der Waals surface area contributed by atoms with Gasteiger partial charge in [-0.25, -0.2) is 10.2 Å². The van der Waals surface area contributed by atoms with E-state index < -0.39 is 8.07 Å². The molecule has 0 saturated heterocycles. The summed E-state index contributed by atoms with van der Waals surface area (Å²) >= 11 is 0. The third-order valence-electron chi connectivity index (χ3n) is 3.94. The summed E-state index contributed by atoms with van der Waals surface area (Å²) in [7, 11) is -2.12. The third-order valence-corrected chi connectivity index (χ3v) is 7.06. The molecule has 4 rings (SSSR count). The Morgan fingerprint density at radius 1 is 0.769 bits per heavy atom. The van der Waals surface area contributed by atoms with Crippen LogP contribution < -0.4 is 10.6 Å². The van der Waals surface area contributed by atoms with E-state index in [0.717, 1.165) is 10.6 Å². The van der Waals surface area contributed by atoms with Gasteiger partial charge < -0.3 is 29.3 Å². The van der Waals surface area contributed by atoms with Crippen LogP contribution in [0.25, 0.3) is 11.6 Å². The molecule has 0 aliphatic carbocycles. The second kappa shape index (κ2) is 7.39. The van der Waals surface area contributed by atoms with E-state index in [4.69, 9.17) is 9.97 Å². The molecule has 26 heavy (non-hydrogen) atoms. The summed E-state index contributed by atoms with van der Waals surface area (Å²) in [5.41, 5.74) is 0. The molecule has 0 unspecified atom stereocenters. The minimum absolute atomic E-state index is 0. The maximum absolute atomic E-state index is 4.76. The predicted octanol–water partition coefficient (Wildman–Crippen LogP) is 0.0585. The van der Waals surface area contributed by atoms with Gasteiger partial charge in [0.2, 0.25) is 0 Å². The second-order valence-corrected chi connectivity index (χ2v) is 10.2. The average molecular weight is 542 g/mol. The third kappa shape index (κ3) is 3.40. The molecule has 0 spiro atoms. The van der Waals surface area contributed by atoms with E-state index in [1.165, 1.54) is 22.0 Å². The first kappa shape index (κ1) is 18.3. The predicted molar refractivity (Wildman–Crippen MR) is 92.7 cm³/mol. The van der Waals surface area contributed by atoms with Crippen LogP contribution in [0.2, 0.25) is 13.1 Å². The summed E-state index contributed by atoms with van der Waals surface area (Å²) in [5, 5.41) is 10.2. The van der Waals surface area contributed by atoms with Crippen molar-refractivity contribution in [3.8, 4) is 11.6 Å². The van der Waals surface area contributed by atoms with E-state index in [2.05, 4.69) is 45.9 Å². The van der Waals surface area contributed by atoms with Crippen LogP contribution in [0, 0.1) is 12.7 Å². The summed E-state index contributed by atoms with van der Waals surface area (Å²) < 4.78 is 3.06. The molecular weight excluding hydrogens is 527 g/mol. The van der Waals surface area contributed by atoms with Crippen molar-refractivity contribution in [2.24, 2.45) is 0 Å². The first-order valence-corrected chi connectivity index (χ1v) is 10.7. The van der Waals surface area contributed by atoms with E-state index in [0.29, 0.717) is 11.6 Å². The zero-order valence-electron chi connectivity index (χ0n) is 14.0. The smallest absolute Gasteiger partial charge is 0.353 e. The molecule has 0 N–H and O–H groups in total. The second-order valence-electron chi connectivity index (χ2n) is 5.93. The Labute approximate surface area is 165 Å². The first-order valence-electron chi connectivity index (χ1n) is 7.66. The normalized spacial score (nSPS) is 11.2. The van der Waals surface area contributed by atoms with Crippen LogP contribution in [0.4, 0.5) is 0 Å². The quantitative estimate of drug-likeness (QED) is 0.268. The Morgan fingerprint density at radius 2 is 1.23 bits per heavy atom. The molecule has 0 atom stereocenters. The molecular formula is C16H14N8PtSi. The van der Waals surface area contributed by atoms with Crippen molar-refractivity contribution in [3.05, 3.63) is 61.7 Å². The Kier molecular flexibility index (Phi) is 5.19. The largest absolute Gasteiger partial charge is 2.00 e. The molecule has 0 aliphatic rings. The summed E-state index contributed by atoms with van der Waals surface area (Å²) in [4.78, 5) is 17.2. The zero-order chi connectivity index (χ0) is 17.3. The molecule has 0 amide bonds. The van der Waals surface area contributed by atoms with E-state index in [1.54, 1.807) is 0 Å². The van der Waals surface area contributed by atoms with Crippen molar-refractivity contribution in [2.45, 2.75) is 13.1 Å². The monoisotopic (exact) mass is 541 g/mol. The van der Waals surface area contributed by atoms with E-state index in [9.17, 15) is 0 Å². The number of hydrogen-bond acceptors (Lipinski definition) is 6. The van der Waals surface area contributed by atoms with Gasteiger partial charge in [0.15, 0.2) is 8.07 Å². The van der Waals surface area contributed by atoms with Crippen LogP contribution in [0.1, 0.15) is 0 Å². The standard InChI is InChI=1S/C16H14N8Si.Pt/c1-25(2,15-7-3-5-13(21-15)23-11-17-9-19-23)16-8-4-6-14(22-16)24-12-18-10-20-24;/h3-10H,1-2H3;/q-2;+2. The van der Waals surface area contributed by atoms with Gasteiger partial charge >= 0.3 is 21.1 Å². The number of rotatable bonds is 4. The summed E-state index contributed by atoms with van der Waals surface area (Å²) in [6.45, 7) is 4.42. The van der Waals surface area contributed by atoms with Gasteiger partial charge in [-0.05, 0) is 12.1 Å². The van der Waals surface area contributed by atoms with Crippen LogP contribution in [0.5, 0.6) is 0 Å². The minimum atomic E-state index is -2.12. The SMILES string of the molecule is C[Si](C)(c1cccc(-n2[c-]ncn2)n1)c1cccc(-n2[c-]ncn2)n1.[Pt+2]. The first-order chi connectivity index (χ1) is 12.1. The van der Waals surface area contributed by atoms with Gasteiger partial charge in [0.05, 0.1) is 11.6 Å².